The standard InChI is InChI=1S/C26H28N2O3/c1-19-9-8-10-20(2)26(19)31-18-25-27-23-13-6-7-14-24(23)28(25)15-22(29)17-30-16-21-11-4-3-5-12-21/h3-14,22,29H,15-18H2,1-2H3. The molecule has 1 unspecified atom stereocenters. The molecule has 4 rings (SSSR count). The fraction of sp³-hybridized carbons (Fsp3) is 0.269. The lowest BCUT2D eigenvalue weighted by Crippen LogP contribution is -2.23. The second kappa shape index (κ2) is 9.77. The lowest BCUT2D eigenvalue weighted by Gasteiger charge is -2.16. The van der Waals surface area contributed by atoms with Crippen molar-refractivity contribution in [3.8, 4) is 5.75 Å². The first-order chi connectivity index (χ1) is 15.1. The topological polar surface area (TPSA) is 56.5 Å². The molecule has 1 heterocycles. The lowest BCUT2D eigenvalue weighted by molar-refractivity contribution is 0.0202. The third kappa shape index (κ3) is 5.13. The number of aromatic nitrogens is 2. The van der Waals surface area contributed by atoms with Crippen LogP contribution in [0.2, 0.25) is 0 Å². The summed E-state index contributed by atoms with van der Waals surface area (Å²) in [4.78, 5) is 4.75. The molecule has 1 N–H and O–H groups in total. The SMILES string of the molecule is Cc1cccc(C)c1OCc1nc2ccccc2n1CC(O)COCc1ccccc1. The number of nitrogens with zero attached hydrogens (tertiary/aromatic N) is 2. The van der Waals surface area contributed by atoms with E-state index in [2.05, 4.69) is 0 Å². The summed E-state index contributed by atoms with van der Waals surface area (Å²) in [5.41, 5.74) is 5.14. The van der Waals surface area contributed by atoms with Gasteiger partial charge in [0.1, 0.15) is 18.2 Å². The van der Waals surface area contributed by atoms with Crippen molar-refractivity contribution in [2.45, 2.75) is 39.7 Å². The van der Waals surface area contributed by atoms with Crippen molar-refractivity contribution in [3.63, 3.8) is 0 Å². The first kappa shape index (κ1) is 21.1. The van der Waals surface area contributed by atoms with Crippen LogP contribution in [0.1, 0.15) is 22.5 Å². The third-order valence-corrected chi connectivity index (χ3v) is 5.30. The molecular weight excluding hydrogens is 388 g/mol. The van der Waals surface area contributed by atoms with E-state index in [9.17, 15) is 5.11 Å². The molecule has 0 fully saturated rings. The predicted molar refractivity (Wildman–Crippen MR) is 122 cm³/mol. The molecule has 5 nitrogen and oxygen atoms in total. The molecule has 4 aromatic rings. The van der Waals surface area contributed by atoms with Gasteiger partial charge in [-0.25, -0.2) is 4.98 Å². The third-order valence-electron chi connectivity index (χ3n) is 5.30. The van der Waals surface area contributed by atoms with E-state index in [1.165, 1.54) is 0 Å². The molecule has 0 aliphatic heterocycles. The van der Waals surface area contributed by atoms with E-state index in [-0.39, 0.29) is 6.61 Å². The van der Waals surface area contributed by atoms with Crippen molar-refractivity contribution >= 4 is 11.0 Å². The van der Waals surface area contributed by atoms with Crippen LogP contribution in [0.4, 0.5) is 0 Å². The molecular formula is C26H28N2O3. The van der Waals surface area contributed by atoms with Gasteiger partial charge in [-0.2, -0.15) is 0 Å². The van der Waals surface area contributed by atoms with E-state index < -0.39 is 6.10 Å². The van der Waals surface area contributed by atoms with Gasteiger partial charge in [0.15, 0.2) is 0 Å². The maximum atomic E-state index is 10.6. The van der Waals surface area contributed by atoms with Crippen molar-refractivity contribution < 1.29 is 14.6 Å². The van der Waals surface area contributed by atoms with Gasteiger partial charge in [-0.15, -0.1) is 0 Å². The van der Waals surface area contributed by atoms with Crippen LogP contribution in [0.5, 0.6) is 5.75 Å². The summed E-state index contributed by atoms with van der Waals surface area (Å²) in [5.74, 6) is 1.67. The van der Waals surface area contributed by atoms with Crippen LogP contribution in [0, 0.1) is 13.8 Å². The number of hydrogen-bond donors (Lipinski definition) is 1. The number of aryl methyl sites for hydroxylation is 2. The summed E-state index contributed by atoms with van der Waals surface area (Å²) < 4.78 is 13.9. The quantitative estimate of drug-likeness (QED) is 0.425. The van der Waals surface area contributed by atoms with Gasteiger partial charge in [0.25, 0.3) is 0 Å². The minimum atomic E-state index is -0.653. The first-order valence-corrected chi connectivity index (χ1v) is 10.5. The van der Waals surface area contributed by atoms with Gasteiger partial charge >= 0.3 is 0 Å². The first-order valence-electron chi connectivity index (χ1n) is 10.5. The molecule has 0 radical (unpaired) electrons. The summed E-state index contributed by atoms with van der Waals surface area (Å²) in [6, 6.07) is 24.0. The number of aliphatic hydroxyl groups is 1. The summed E-state index contributed by atoms with van der Waals surface area (Å²) in [7, 11) is 0. The molecule has 0 aliphatic carbocycles. The molecule has 3 aromatic carbocycles. The largest absolute Gasteiger partial charge is 0.485 e. The Morgan fingerprint density at radius 2 is 1.58 bits per heavy atom. The Morgan fingerprint density at radius 3 is 2.35 bits per heavy atom. The summed E-state index contributed by atoms with van der Waals surface area (Å²) in [6.07, 6.45) is -0.653. The highest BCUT2D eigenvalue weighted by Gasteiger charge is 2.16. The zero-order valence-electron chi connectivity index (χ0n) is 18.0. The van der Waals surface area contributed by atoms with E-state index in [0.717, 1.165) is 39.3 Å². The number of rotatable bonds is 9. The van der Waals surface area contributed by atoms with Crippen LogP contribution >= 0.6 is 0 Å². The lowest BCUT2D eigenvalue weighted by atomic mass is 10.1. The fourth-order valence-electron chi connectivity index (χ4n) is 3.75. The molecule has 0 saturated carbocycles. The van der Waals surface area contributed by atoms with Gasteiger partial charge < -0.3 is 19.1 Å². The Labute approximate surface area is 182 Å². The number of hydrogen-bond acceptors (Lipinski definition) is 4. The van der Waals surface area contributed by atoms with E-state index in [4.69, 9.17) is 14.5 Å². The number of para-hydroxylation sites is 3. The van der Waals surface area contributed by atoms with Crippen molar-refractivity contribution in [3.05, 3.63) is 95.3 Å². The molecule has 31 heavy (non-hydrogen) atoms. The highest BCUT2D eigenvalue weighted by atomic mass is 16.5. The van der Waals surface area contributed by atoms with Crippen molar-refractivity contribution in [2.75, 3.05) is 6.61 Å². The minimum Gasteiger partial charge on any atom is -0.485 e. The Balaban J connectivity index is 1.47. The molecule has 5 heteroatoms. The number of imidazole rings is 1. The van der Waals surface area contributed by atoms with Gasteiger partial charge in [0.2, 0.25) is 0 Å². The molecule has 0 saturated heterocycles. The summed E-state index contributed by atoms with van der Waals surface area (Å²) in [6.45, 7) is 5.53. The highest BCUT2D eigenvalue weighted by Crippen LogP contribution is 2.24. The van der Waals surface area contributed by atoms with Crippen molar-refractivity contribution in [1.82, 2.24) is 9.55 Å². The zero-order valence-corrected chi connectivity index (χ0v) is 18.0. The molecule has 1 aromatic heterocycles. The molecule has 0 spiro atoms. The summed E-state index contributed by atoms with van der Waals surface area (Å²) in [5, 5.41) is 10.6. The highest BCUT2D eigenvalue weighted by molar-refractivity contribution is 5.75. The number of fused-ring (bicyclic) bond motifs is 1. The summed E-state index contributed by atoms with van der Waals surface area (Å²) >= 11 is 0. The van der Waals surface area contributed by atoms with Gasteiger partial charge in [0, 0.05) is 0 Å². The number of aliphatic hydroxyl groups excluding tert-OH is 1. The van der Waals surface area contributed by atoms with Gasteiger partial charge in [0.05, 0.1) is 36.9 Å². The second-order valence-corrected chi connectivity index (χ2v) is 7.79. The van der Waals surface area contributed by atoms with Crippen LogP contribution in [0.15, 0.2) is 72.8 Å². The normalized spacial score (nSPS) is 12.2. The maximum absolute atomic E-state index is 10.6. The predicted octanol–water partition coefficient (Wildman–Crippen LogP) is 4.81. The van der Waals surface area contributed by atoms with Crippen LogP contribution in [0.3, 0.4) is 0 Å². The van der Waals surface area contributed by atoms with Gasteiger partial charge in [-0.1, -0.05) is 60.7 Å². The Hall–Kier alpha value is -3.15. The number of benzene rings is 3. The molecule has 0 aliphatic rings. The van der Waals surface area contributed by atoms with E-state index in [1.807, 2.05) is 91.2 Å². The Morgan fingerprint density at radius 1 is 0.871 bits per heavy atom. The van der Waals surface area contributed by atoms with Gasteiger partial charge in [-0.3, -0.25) is 0 Å². The molecule has 1 atom stereocenters. The second-order valence-electron chi connectivity index (χ2n) is 7.79. The molecule has 160 valence electrons. The van der Waals surface area contributed by atoms with Gasteiger partial charge in [-0.05, 0) is 42.7 Å². The maximum Gasteiger partial charge on any atom is 0.148 e. The average Bonchev–Trinajstić information content (AvgIpc) is 3.11. The monoisotopic (exact) mass is 416 g/mol. The minimum absolute atomic E-state index is 0.249. The van der Waals surface area contributed by atoms with Crippen LogP contribution in [-0.2, 0) is 24.5 Å². The smallest absolute Gasteiger partial charge is 0.148 e. The average molecular weight is 417 g/mol. The van der Waals surface area contributed by atoms with E-state index >= 15 is 0 Å². The fourth-order valence-corrected chi connectivity index (χ4v) is 3.75. The Bertz CT molecular complexity index is 1120. The Kier molecular flexibility index (Phi) is 6.65. The molecule has 0 bridgehead atoms. The zero-order chi connectivity index (χ0) is 21.6. The number of ether oxygens (including phenoxy) is 2. The van der Waals surface area contributed by atoms with Crippen molar-refractivity contribution in [2.24, 2.45) is 0 Å². The van der Waals surface area contributed by atoms with Crippen LogP contribution < -0.4 is 4.74 Å². The van der Waals surface area contributed by atoms with E-state index in [1.54, 1.807) is 0 Å². The van der Waals surface area contributed by atoms with Crippen LogP contribution in [0.25, 0.3) is 11.0 Å². The van der Waals surface area contributed by atoms with Crippen LogP contribution in [-0.4, -0.2) is 27.4 Å². The van der Waals surface area contributed by atoms with E-state index in [0.29, 0.717) is 19.8 Å². The molecule has 0 amide bonds. The van der Waals surface area contributed by atoms with Crippen molar-refractivity contribution in [1.29, 1.82) is 0 Å².